The second kappa shape index (κ2) is 9.13. The first kappa shape index (κ1) is 20.7. The van der Waals surface area contributed by atoms with Crippen LogP contribution in [0.3, 0.4) is 0 Å². The summed E-state index contributed by atoms with van der Waals surface area (Å²) in [6.07, 6.45) is 3.63. The molecule has 166 valence electrons. The van der Waals surface area contributed by atoms with Crippen molar-refractivity contribution in [2.75, 3.05) is 20.3 Å². The predicted molar refractivity (Wildman–Crippen MR) is 124 cm³/mol. The van der Waals surface area contributed by atoms with E-state index in [4.69, 9.17) is 14.0 Å². The van der Waals surface area contributed by atoms with E-state index < -0.39 is 0 Å². The van der Waals surface area contributed by atoms with Crippen LogP contribution in [0.1, 0.15) is 5.56 Å². The fraction of sp³-hybridized carbons (Fsp3) is 0.160. The number of aromatic nitrogens is 4. The van der Waals surface area contributed by atoms with E-state index in [1.54, 1.807) is 23.9 Å². The van der Waals surface area contributed by atoms with Crippen molar-refractivity contribution in [3.05, 3.63) is 89.0 Å². The number of benzene rings is 2. The van der Waals surface area contributed by atoms with Crippen molar-refractivity contribution in [3.63, 3.8) is 0 Å². The number of H-pyrrole nitrogens is 1. The molecule has 0 saturated carbocycles. The van der Waals surface area contributed by atoms with Crippen LogP contribution in [0.2, 0.25) is 0 Å². The van der Waals surface area contributed by atoms with E-state index in [2.05, 4.69) is 15.1 Å². The van der Waals surface area contributed by atoms with Crippen molar-refractivity contribution in [2.24, 2.45) is 0 Å². The van der Waals surface area contributed by atoms with E-state index in [0.29, 0.717) is 37.0 Å². The number of nitrogens with zero attached hydrogens (tertiary/aromatic N) is 3. The van der Waals surface area contributed by atoms with Crippen LogP contribution >= 0.6 is 0 Å². The number of rotatable bonds is 8. The van der Waals surface area contributed by atoms with Gasteiger partial charge >= 0.3 is 0 Å². The lowest BCUT2D eigenvalue weighted by Crippen LogP contribution is -2.19. The molecule has 8 nitrogen and oxygen atoms in total. The van der Waals surface area contributed by atoms with E-state index in [9.17, 15) is 4.79 Å². The van der Waals surface area contributed by atoms with E-state index in [0.717, 1.165) is 27.8 Å². The minimum absolute atomic E-state index is 0.119. The van der Waals surface area contributed by atoms with Crippen molar-refractivity contribution >= 4 is 10.9 Å². The molecule has 2 aromatic carbocycles. The molecule has 5 aromatic rings. The molecule has 0 amide bonds. The quantitative estimate of drug-likeness (QED) is 0.363. The summed E-state index contributed by atoms with van der Waals surface area (Å²) in [5.74, 6) is 1.58. The molecule has 33 heavy (non-hydrogen) atoms. The Hall–Kier alpha value is -4.17. The van der Waals surface area contributed by atoms with Crippen LogP contribution in [0.25, 0.3) is 33.7 Å². The minimum atomic E-state index is -0.119. The van der Waals surface area contributed by atoms with Crippen LogP contribution in [0.5, 0.6) is 5.75 Å². The summed E-state index contributed by atoms with van der Waals surface area (Å²) < 4.78 is 17.8. The van der Waals surface area contributed by atoms with Gasteiger partial charge in [0.1, 0.15) is 12.4 Å². The monoisotopic (exact) mass is 442 g/mol. The number of hydrogen-bond acceptors (Lipinski definition) is 6. The van der Waals surface area contributed by atoms with Gasteiger partial charge in [0.2, 0.25) is 5.82 Å². The molecule has 3 aromatic heterocycles. The largest absolute Gasteiger partial charge is 0.491 e. The van der Waals surface area contributed by atoms with Gasteiger partial charge in [-0.15, -0.1) is 0 Å². The SMILES string of the molecule is COCCOc1cccc(Cn2cc(-c3noc(-c4ccc5[nH]ccc5c4)n3)ccc2=O)c1. The highest BCUT2D eigenvalue weighted by Crippen LogP contribution is 2.25. The topological polar surface area (TPSA) is 95.2 Å². The molecule has 0 atom stereocenters. The molecule has 5 rings (SSSR count). The van der Waals surface area contributed by atoms with Crippen LogP contribution in [-0.2, 0) is 11.3 Å². The molecule has 0 aliphatic rings. The molecule has 0 unspecified atom stereocenters. The molecule has 0 radical (unpaired) electrons. The average molecular weight is 442 g/mol. The molecule has 0 spiro atoms. The van der Waals surface area contributed by atoms with Gasteiger partial charge in [-0.3, -0.25) is 4.79 Å². The smallest absolute Gasteiger partial charge is 0.258 e. The Bertz CT molecular complexity index is 1450. The maximum atomic E-state index is 12.5. The fourth-order valence-electron chi connectivity index (χ4n) is 3.60. The summed E-state index contributed by atoms with van der Waals surface area (Å²) in [5.41, 5.74) is 3.39. The van der Waals surface area contributed by atoms with Gasteiger partial charge in [0.05, 0.1) is 13.2 Å². The number of nitrogens with one attached hydrogen (secondary N) is 1. The molecule has 0 aliphatic carbocycles. The maximum absolute atomic E-state index is 12.5. The average Bonchev–Trinajstić information content (AvgIpc) is 3.50. The predicted octanol–water partition coefficient (Wildman–Crippen LogP) is 4.12. The van der Waals surface area contributed by atoms with Crippen molar-refractivity contribution in [3.8, 4) is 28.6 Å². The molecule has 0 fully saturated rings. The highest BCUT2D eigenvalue weighted by atomic mass is 16.5. The molecule has 0 saturated heterocycles. The first-order chi connectivity index (χ1) is 16.2. The summed E-state index contributed by atoms with van der Waals surface area (Å²) in [4.78, 5) is 20.2. The van der Waals surface area contributed by atoms with Gasteiger partial charge in [-0.1, -0.05) is 17.3 Å². The zero-order valence-electron chi connectivity index (χ0n) is 18.0. The number of methoxy groups -OCH3 is 1. The first-order valence-corrected chi connectivity index (χ1v) is 10.5. The molecule has 1 N–H and O–H groups in total. The zero-order valence-corrected chi connectivity index (χ0v) is 18.0. The number of ether oxygens (including phenoxy) is 2. The molecule has 8 heteroatoms. The molecule has 3 heterocycles. The van der Waals surface area contributed by atoms with E-state index in [1.165, 1.54) is 6.07 Å². The van der Waals surface area contributed by atoms with Gasteiger partial charge in [0.25, 0.3) is 11.4 Å². The Kier molecular flexibility index (Phi) is 5.73. The Morgan fingerprint density at radius 3 is 2.85 bits per heavy atom. The Morgan fingerprint density at radius 1 is 1.03 bits per heavy atom. The van der Waals surface area contributed by atoms with Crippen molar-refractivity contribution in [1.82, 2.24) is 19.7 Å². The number of aromatic amines is 1. The third kappa shape index (κ3) is 4.56. The van der Waals surface area contributed by atoms with Gasteiger partial charge in [0.15, 0.2) is 0 Å². The number of pyridine rings is 1. The summed E-state index contributed by atoms with van der Waals surface area (Å²) in [5, 5.41) is 5.19. The Labute approximate surface area is 189 Å². The van der Waals surface area contributed by atoms with E-state index in [-0.39, 0.29) is 5.56 Å². The van der Waals surface area contributed by atoms with Gasteiger partial charge in [-0.25, -0.2) is 0 Å². The van der Waals surface area contributed by atoms with Gasteiger partial charge in [-0.2, -0.15) is 4.98 Å². The lowest BCUT2D eigenvalue weighted by molar-refractivity contribution is 0.146. The fourth-order valence-corrected chi connectivity index (χ4v) is 3.60. The summed E-state index contributed by atoms with van der Waals surface area (Å²) >= 11 is 0. The molecular formula is C25H22N4O4. The van der Waals surface area contributed by atoms with Crippen LogP contribution < -0.4 is 10.3 Å². The van der Waals surface area contributed by atoms with Crippen LogP contribution in [0.15, 0.2) is 82.4 Å². The second-order valence-corrected chi connectivity index (χ2v) is 7.58. The van der Waals surface area contributed by atoms with Crippen molar-refractivity contribution in [2.45, 2.75) is 6.54 Å². The Balaban J connectivity index is 1.38. The van der Waals surface area contributed by atoms with Gasteiger partial charge in [-0.05, 0) is 48.0 Å². The first-order valence-electron chi connectivity index (χ1n) is 10.5. The van der Waals surface area contributed by atoms with Crippen LogP contribution in [0.4, 0.5) is 0 Å². The summed E-state index contributed by atoms with van der Waals surface area (Å²) in [6.45, 7) is 1.37. The molecular weight excluding hydrogens is 420 g/mol. The van der Waals surface area contributed by atoms with Crippen molar-refractivity contribution < 1.29 is 14.0 Å². The highest BCUT2D eigenvalue weighted by Gasteiger charge is 2.13. The highest BCUT2D eigenvalue weighted by molar-refractivity contribution is 5.83. The lowest BCUT2D eigenvalue weighted by Gasteiger charge is -2.10. The third-order valence-electron chi connectivity index (χ3n) is 5.28. The van der Waals surface area contributed by atoms with Gasteiger partial charge in [0, 0.05) is 47.6 Å². The standard InChI is InChI=1S/C25H22N4O4/c1-31-11-12-32-21-4-2-3-17(13-21)15-29-16-20(6-8-23(29)30)24-27-25(33-28-24)19-5-7-22-18(14-19)9-10-26-22/h2-10,13-14,16,26H,11-12,15H2,1H3. The zero-order chi connectivity index (χ0) is 22.6. The molecule has 0 bridgehead atoms. The van der Waals surface area contributed by atoms with Crippen LogP contribution in [-0.4, -0.2) is 40.0 Å². The second-order valence-electron chi connectivity index (χ2n) is 7.58. The van der Waals surface area contributed by atoms with Gasteiger partial charge < -0.3 is 23.5 Å². The van der Waals surface area contributed by atoms with E-state index >= 15 is 0 Å². The Morgan fingerprint density at radius 2 is 1.94 bits per heavy atom. The molecule has 0 aliphatic heterocycles. The summed E-state index contributed by atoms with van der Waals surface area (Å²) in [6, 6.07) is 18.7. The van der Waals surface area contributed by atoms with Crippen molar-refractivity contribution in [1.29, 1.82) is 0 Å². The van der Waals surface area contributed by atoms with Crippen LogP contribution in [0, 0.1) is 0 Å². The maximum Gasteiger partial charge on any atom is 0.258 e. The lowest BCUT2D eigenvalue weighted by atomic mass is 10.1. The third-order valence-corrected chi connectivity index (χ3v) is 5.28. The minimum Gasteiger partial charge on any atom is -0.491 e. The van der Waals surface area contributed by atoms with E-state index in [1.807, 2.05) is 54.7 Å². The normalized spacial score (nSPS) is 11.2. The summed E-state index contributed by atoms with van der Waals surface area (Å²) in [7, 11) is 1.63. The number of hydrogen-bond donors (Lipinski definition) is 1. The number of fused-ring (bicyclic) bond motifs is 1.